The van der Waals surface area contributed by atoms with Gasteiger partial charge >= 0.3 is 0 Å². The third kappa shape index (κ3) is 6.35. The highest BCUT2D eigenvalue weighted by Crippen LogP contribution is 2.39. The molecule has 1 aromatic rings. The van der Waals surface area contributed by atoms with E-state index in [1.807, 2.05) is 6.92 Å². The number of hydrogen-bond acceptors (Lipinski definition) is 0. The van der Waals surface area contributed by atoms with Crippen LogP contribution in [0.15, 0.2) is 12.1 Å². The predicted molar refractivity (Wildman–Crippen MR) is 131 cm³/mol. The van der Waals surface area contributed by atoms with E-state index in [0.29, 0.717) is 5.92 Å². The molecule has 3 saturated carbocycles. The topological polar surface area (TPSA) is 0 Å². The SMILES string of the molecule is Cc1c(CC2CCC(C)CC2)ccc(CC2CCC(CC3CCC(C)CC3)CC2)c1F. The van der Waals surface area contributed by atoms with Gasteiger partial charge in [-0.2, -0.15) is 0 Å². The van der Waals surface area contributed by atoms with E-state index in [1.54, 1.807) is 0 Å². The lowest BCUT2D eigenvalue weighted by Gasteiger charge is -2.33. The summed E-state index contributed by atoms with van der Waals surface area (Å²) in [5.41, 5.74) is 3.20. The number of hydrogen-bond donors (Lipinski definition) is 0. The molecule has 0 saturated heterocycles. The first-order chi connectivity index (χ1) is 15.0. The molecule has 0 aliphatic heterocycles. The normalized spacial score (nSPS) is 34.6. The van der Waals surface area contributed by atoms with Crippen LogP contribution in [0.25, 0.3) is 0 Å². The largest absolute Gasteiger partial charge is 0.206 e. The van der Waals surface area contributed by atoms with Gasteiger partial charge in [0.25, 0.3) is 0 Å². The molecule has 0 nitrogen and oxygen atoms in total. The van der Waals surface area contributed by atoms with E-state index in [4.69, 9.17) is 0 Å². The van der Waals surface area contributed by atoms with Crippen molar-refractivity contribution in [2.24, 2.45) is 35.5 Å². The van der Waals surface area contributed by atoms with Crippen LogP contribution >= 0.6 is 0 Å². The maximum absolute atomic E-state index is 15.3. The molecule has 31 heavy (non-hydrogen) atoms. The van der Waals surface area contributed by atoms with Crippen LogP contribution in [0.4, 0.5) is 4.39 Å². The quantitative estimate of drug-likeness (QED) is 0.425. The number of rotatable bonds is 6. The molecule has 0 N–H and O–H groups in total. The zero-order valence-electron chi connectivity index (χ0n) is 20.6. The van der Waals surface area contributed by atoms with Gasteiger partial charge in [0.2, 0.25) is 0 Å². The Balaban J connectivity index is 1.25. The van der Waals surface area contributed by atoms with Crippen molar-refractivity contribution in [1.29, 1.82) is 0 Å². The fourth-order valence-corrected chi connectivity index (χ4v) is 7.02. The van der Waals surface area contributed by atoms with Crippen LogP contribution in [0, 0.1) is 48.2 Å². The molecule has 0 aromatic heterocycles. The zero-order valence-corrected chi connectivity index (χ0v) is 20.6. The Labute approximate surface area is 191 Å². The molecular weight excluding hydrogens is 379 g/mol. The van der Waals surface area contributed by atoms with Gasteiger partial charge < -0.3 is 0 Å². The lowest BCUT2D eigenvalue weighted by Crippen LogP contribution is -2.21. The van der Waals surface area contributed by atoms with Crippen molar-refractivity contribution >= 4 is 0 Å². The molecule has 4 rings (SSSR count). The summed E-state index contributed by atoms with van der Waals surface area (Å²) in [6.07, 6.45) is 20.1. The zero-order chi connectivity index (χ0) is 21.8. The molecule has 174 valence electrons. The van der Waals surface area contributed by atoms with E-state index in [1.165, 1.54) is 89.0 Å². The third-order valence-electron chi connectivity index (χ3n) is 9.50. The highest BCUT2D eigenvalue weighted by Gasteiger charge is 2.27. The average Bonchev–Trinajstić information content (AvgIpc) is 2.78. The van der Waals surface area contributed by atoms with Gasteiger partial charge in [-0.1, -0.05) is 77.3 Å². The van der Waals surface area contributed by atoms with Crippen molar-refractivity contribution in [3.63, 3.8) is 0 Å². The number of halogens is 1. The van der Waals surface area contributed by atoms with Gasteiger partial charge in [0.1, 0.15) is 5.82 Å². The summed E-state index contributed by atoms with van der Waals surface area (Å²) in [4.78, 5) is 0. The van der Waals surface area contributed by atoms with Gasteiger partial charge in [-0.25, -0.2) is 4.39 Å². The van der Waals surface area contributed by atoms with E-state index in [2.05, 4.69) is 26.0 Å². The lowest BCUT2D eigenvalue weighted by molar-refractivity contribution is 0.195. The molecule has 0 heterocycles. The molecule has 3 aliphatic rings. The van der Waals surface area contributed by atoms with Crippen LogP contribution in [-0.2, 0) is 12.8 Å². The summed E-state index contributed by atoms with van der Waals surface area (Å²) in [6, 6.07) is 4.40. The molecule has 0 atom stereocenters. The summed E-state index contributed by atoms with van der Waals surface area (Å²) in [5.74, 6) is 5.37. The van der Waals surface area contributed by atoms with Crippen molar-refractivity contribution < 1.29 is 4.39 Å². The van der Waals surface area contributed by atoms with Crippen molar-refractivity contribution in [3.8, 4) is 0 Å². The maximum atomic E-state index is 15.3. The Morgan fingerprint density at radius 2 is 1.00 bits per heavy atom. The van der Waals surface area contributed by atoms with E-state index >= 15 is 4.39 Å². The van der Waals surface area contributed by atoms with Crippen molar-refractivity contribution in [2.75, 3.05) is 0 Å². The Kier molecular flexibility index (Phi) is 8.16. The van der Waals surface area contributed by atoms with Crippen LogP contribution in [0.3, 0.4) is 0 Å². The van der Waals surface area contributed by atoms with Crippen LogP contribution < -0.4 is 0 Å². The Hall–Kier alpha value is -0.850. The second-order valence-electron chi connectivity index (χ2n) is 12.1. The highest BCUT2D eigenvalue weighted by molar-refractivity contribution is 5.33. The van der Waals surface area contributed by atoms with Crippen molar-refractivity contribution in [3.05, 3.63) is 34.6 Å². The summed E-state index contributed by atoms with van der Waals surface area (Å²) in [5, 5.41) is 0. The van der Waals surface area contributed by atoms with Gasteiger partial charge in [-0.15, -0.1) is 0 Å². The molecule has 3 aliphatic carbocycles. The average molecular weight is 427 g/mol. The standard InChI is InChI=1S/C30H47F/c1-21-4-8-24(9-5-21)18-25-12-14-27(15-13-25)20-29-17-16-28(23(3)30(29)31)19-26-10-6-22(2)7-11-26/h16-17,21-22,24-27H,4-15,18-20H2,1-3H3. The second kappa shape index (κ2) is 10.8. The molecule has 1 heteroatoms. The van der Waals surface area contributed by atoms with E-state index in [9.17, 15) is 0 Å². The second-order valence-corrected chi connectivity index (χ2v) is 12.1. The first-order valence-electron chi connectivity index (χ1n) is 13.7. The lowest BCUT2D eigenvalue weighted by atomic mass is 9.72. The van der Waals surface area contributed by atoms with Gasteiger partial charge in [0.15, 0.2) is 0 Å². The predicted octanol–water partition coefficient (Wildman–Crippen LogP) is 9.07. The summed E-state index contributed by atoms with van der Waals surface area (Å²) in [6.45, 7) is 6.83. The van der Waals surface area contributed by atoms with Gasteiger partial charge in [-0.05, 0) is 104 Å². The Morgan fingerprint density at radius 1 is 0.613 bits per heavy atom. The fourth-order valence-electron chi connectivity index (χ4n) is 7.02. The minimum atomic E-state index is 0.111. The van der Waals surface area contributed by atoms with Crippen LogP contribution in [0.5, 0.6) is 0 Å². The van der Waals surface area contributed by atoms with Crippen LogP contribution in [0.1, 0.15) is 114 Å². The molecule has 3 fully saturated rings. The summed E-state index contributed by atoms with van der Waals surface area (Å²) in [7, 11) is 0. The van der Waals surface area contributed by atoms with Crippen molar-refractivity contribution in [2.45, 2.75) is 117 Å². The highest BCUT2D eigenvalue weighted by atomic mass is 19.1. The molecular formula is C30H47F. The Morgan fingerprint density at radius 3 is 1.55 bits per heavy atom. The van der Waals surface area contributed by atoms with E-state index in [0.717, 1.165) is 53.6 Å². The Bertz CT molecular complexity index is 683. The minimum Gasteiger partial charge on any atom is -0.206 e. The number of benzene rings is 1. The molecule has 0 radical (unpaired) electrons. The molecule has 0 bridgehead atoms. The summed E-state index contributed by atoms with van der Waals surface area (Å²) < 4.78 is 15.3. The van der Waals surface area contributed by atoms with Crippen LogP contribution in [0.2, 0.25) is 0 Å². The smallest absolute Gasteiger partial charge is 0.129 e. The van der Waals surface area contributed by atoms with Gasteiger partial charge in [-0.3, -0.25) is 0 Å². The first-order valence-corrected chi connectivity index (χ1v) is 13.7. The van der Waals surface area contributed by atoms with Gasteiger partial charge in [0, 0.05) is 0 Å². The first kappa shape index (κ1) is 23.3. The minimum absolute atomic E-state index is 0.111. The van der Waals surface area contributed by atoms with E-state index < -0.39 is 0 Å². The van der Waals surface area contributed by atoms with Crippen LogP contribution in [-0.4, -0.2) is 0 Å². The molecule has 1 aromatic carbocycles. The monoisotopic (exact) mass is 426 g/mol. The molecule has 0 amide bonds. The van der Waals surface area contributed by atoms with E-state index in [-0.39, 0.29) is 5.82 Å². The third-order valence-corrected chi connectivity index (χ3v) is 9.50. The fraction of sp³-hybridized carbons (Fsp3) is 0.800. The molecule has 0 unspecified atom stereocenters. The molecule has 0 spiro atoms. The maximum Gasteiger partial charge on any atom is 0.129 e. The van der Waals surface area contributed by atoms with Gasteiger partial charge in [0.05, 0.1) is 0 Å². The summed E-state index contributed by atoms with van der Waals surface area (Å²) >= 11 is 0. The van der Waals surface area contributed by atoms with Crippen molar-refractivity contribution in [1.82, 2.24) is 0 Å².